The molecule has 0 aliphatic rings. The van der Waals surface area contributed by atoms with E-state index in [1.165, 1.54) is 18.3 Å². The van der Waals surface area contributed by atoms with E-state index >= 15 is 0 Å². The number of hydrogen-bond donors (Lipinski definition) is 2. The normalized spacial score (nSPS) is 11.5. The third-order valence-electron chi connectivity index (χ3n) is 6.08. The van der Waals surface area contributed by atoms with Gasteiger partial charge in [0.25, 0.3) is 0 Å². The van der Waals surface area contributed by atoms with Crippen LogP contribution in [0.1, 0.15) is 41.2 Å². The highest BCUT2D eigenvalue weighted by molar-refractivity contribution is 9.10. The maximum atomic E-state index is 14.6. The van der Waals surface area contributed by atoms with Gasteiger partial charge in [-0.05, 0) is 71.7 Å². The van der Waals surface area contributed by atoms with Gasteiger partial charge in [-0.2, -0.15) is 10.4 Å². The van der Waals surface area contributed by atoms with Gasteiger partial charge in [0.15, 0.2) is 17.3 Å². The highest BCUT2D eigenvalue weighted by Gasteiger charge is 2.21. The third kappa shape index (κ3) is 6.08. The van der Waals surface area contributed by atoms with Crippen molar-refractivity contribution < 1.29 is 14.3 Å². The van der Waals surface area contributed by atoms with E-state index in [9.17, 15) is 14.9 Å². The van der Waals surface area contributed by atoms with Crippen LogP contribution in [0, 0.1) is 24.1 Å². The smallest absolute Gasteiger partial charge is 0.192 e. The van der Waals surface area contributed by atoms with Crippen molar-refractivity contribution in [1.82, 2.24) is 24.6 Å². The van der Waals surface area contributed by atoms with Crippen molar-refractivity contribution in [2.45, 2.75) is 26.4 Å². The molecular formula is C28H27BrFN7O2. The van der Waals surface area contributed by atoms with Crippen molar-refractivity contribution >= 4 is 27.6 Å². The van der Waals surface area contributed by atoms with Crippen molar-refractivity contribution in [2.24, 2.45) is 0 Å². The Morgan fingerprint density at radius 2 is 2.05 bits per heavy atom. The number of nitrogens with zero attached hydrogens (tertiary/aromatic N) is 6. The van der Waals surface area contributed by atoms with Crippen molar-refractivity contribution in [3.05, 3.63) is 93.7 Å². The summed E-state index contributed by atoms with van der Waals surface area (Å²) in [5.74, 6) is 0.584. The number of benzene rings is 1. The first kappa shape index (κ1) is 27.8. The third-order valence-corrected chi connectivity index (χ3v) is 6.52. The second kappa shape index (κ2) is 11.6. The summed E-state index contributed by atoms with van der Waals surface area (Å²) >= 11 is 3.36. The summed E-state index contributed by atoms with van der Waals surface area (Å²) in [4.78, 5) is 10.7. The minimum atomic E-state index is -0.640. The molecule has 0 radical (unpaired) electrons. The second-order valence-electron chi connectivity index (χ2n) is 9.10. The molecule has 3 aromatic heterocycles. The summed E-state index contributed by atoms with van der Waals surface area (Å²) in [6.45, 7) is 7.75. The van der Waals surface area contributed by atoms with Crippen molar-refractivity contribution in [2.75, 3.05) is 19.6 Å². The molecule has 0 amide bonds. The lowest BCUT2D eigenvalue weighted by Crippen LogP contribution is -2.18. The Balaban J connectivity index is 1.80. The molecule has 0 fully saturated rings. The number of aromatic nitrogens is 4. The standard InChI is InChI=1S/C28H27BrFN7O2/c1-16-6-7-19(10-23-13-22(14-31)34-37(23)18(3)36(4)5)27(33-16)24-9-8-21(30)12-25(24)17(2)39-26-11-20(29)15-32-28(26)35-38/h6-9,11-13,15,17,38H,3,10H2,1-2,4-5H3,(H,32,35)/t17-/m1/s1. The van der Waals surface area contributed by atoms with Crippen LogP contribution in [0.25, 0.3) is 17.1 Å². The number of nitrogens with one attached hydrogen (secondary N) is 1. The minimum absolute atomic E-state index is 0.125. The number of anilines is 1. The van der Waals surface area contributed by atoms with Crippen LogP contribution in [0.5, 0.6) is 5.75 Å². The molecule has 11 heteroatoms. The number of hydrogen-bond acceptors (Lipinski definition) is 8. The van der Waals surface area contributed by atoms with E-state index in [1.54, 1.807) is 29.8 Å². The first-order chi connectivity index (χ1) is 18.6. The molecule has 0 spiro atoms. The van der Waals surface area contributed by atoms with E-state index in [0.29, 0.717) is 33.5 Å². The van der Waals surface area contributed by atoms with Gasteiger partial charge in [-0.3, -0.25) is 10.2 Å². The Hall–Kier alpha value is -4.27. The molecular weight excluding hydrogens is 565 g/mol. The molecule has 0 bridgehead atoms. The van der Waals surface area contributed by atoms with Crippen LogP contribution in [0.15, 0.2) is 59.7 Å². The predicted molar refractivity (Wildman–Crippen MR) is 150 cm³/mol. The number of rotatable bonds is 9. The molecule has 200 valence electrons. The summed E-state index contributed by atoms with van der Waals surface area (Å²) in [6, 6.07) is 13.8. The lowest BCUT2D eigenvalue weighted by atomic mass is 9.95. The van der Waals surface area contributed by atoms with E-state index in [-0.39, 0.29) is 17.3 Å². The molecule has 1 atom stereocenters. The van der Waals surface area contributed by atoms with Gasteiger partial charge in [0.05, 0.1) is 11.4 Å². The molecule has 0 saturated heterocycles. The minimum Gasteiger partial charge on any atom is -0.482 e. The fourth-order valence-corrected chi connectivity index (χ4v) is 4.41. The van der Waals surface area contributed by atoms with Crippen LogP contribution in [-0.4, -0.2) is 44.0 Å². The topological polar surface area (TPSA) is 112 Å². The summed E-state index contributed by atoms with van der Waals surface area (Å²) in [5, 5.41) is 23.3. The molecule has 1 aromatic carbocycles. The van der Waals surface area contributed by atoms with Crippen molar-refractivity contribution in [3.63, 3.8) is 0 Å². The van der Waals surface area contributed by atoms with Crippen LogP contribution >= 0.6 is 15.9 Å². The molecule has 2 N–H and O–H groups in total. The Labute approximate surface area is 234 Å². The van der Waals surface area contributed by atoms with Gasteiger partial charge in [0.2, 0.25) is 0 Å². The van der Waals surface area contributed by atoms with Gasteiger partial charge >= 0.3 is 0 Å². The highest BCUT2D eigenvalue weighted by atomic mass is 79.9. The number of pyridine rings is 2. The van der Waals surface area contributed by atoms with E-state index < -0.39 is 11.9 Å². The number of nitriles is 1. The van der Waals surface area contributed by atoms with Crippen LogP contribution in [0.3, 0.4) is 0 Å². The summed E-state index contributed by atoms with van der Waals surface area (Å²) in [7, 11) is 3.70. The van der Waals surface area contributed by atoms with Crippen LogP contribution < -0.4 is 10.2 Å². The molecule has 0 saturated carbocycles. The molecule has 4 rings (SSSR count). The van der Waals surface area contributed by atoms with Gasteiger partial charge in [-0.15, -0.1) is 0 Å². The van der Waals surface area contributed by atoms with Gasteiger partial charge in [0, 0.05) is 48.0 Å². The average Bonchev–Trinajstić information content (AvgIpc) is 3.32. The lowest BCUT2D eigenvalue weighted by molar-refractivity contribution is 0.225. The number of halogens is 2. The fourth-order valence-electron chi connectivity index (χ4n) is 4.10. The summed E-state index contributed by atoms with van der Waals surface area (Å²) in [6.07, 6.45) is 1.27. The van der Waals surface area contributed by atoms with Gasteiger partial charge < -0.3 is 9.64 Å². The molecule has 0 aliphatic heterocycles. The average molecular weight is 592 g/mol. The zero-order valence-corrected chi connectivity index (χ0v) is 23.5. The van der Waals surface area contributed by atoms with E-state index in [4.69, 9.17) is 9.72 Å². The molecule has 39 heavy (non-hydrogen) atoms. The van der Waals surface area contributed by atoms with Crippen molar-refractivity contribution in [1.29, 1.82) is 5.26 Å². The maximum Gasteiger partial charge on any atom is 0.192 e. The van der Waals surface area contributed by atoms with Crippen LogP contribution in [0.4, 0.5) is 10.2 Å². The van der Waals surface area contributed by atoms with Crippen LogP contribution in [0.2, 0.25) is 0 Å². The molecule has 0 unspecified atom stereocenters. The Morgan fingerprint density at radius 1 is 1.28 bits per heavy atom. The Bertz CT molecular complexity index is 1580. The van der Waals surface area contributed by atoms with E-state index in [0.717, 1.165) is 17.0 Å². The predicted octanol–water partition coefficient (Wildman–Crippen LogP) is 5.94. The van der Waals surface area contributed by atoms with Crippen molar-refractivity contribution in [3.8, 4) is 23.1 Å². The molecule has 4 aromatic rings. The second-order valence-corrected chi connectivity index (χ2v) is 10.0. The zero-order valence-electron chi connectivity index (χ0n) is 21.9. The first-order valence-corrected chi connectivity index (χ1v) is 12.7. The number of ether oxygens (including phenoxy) is 1. The van der Waals surface area contributed by atoms with Gasteiger partial charge in [0.1, 0.15) is 23.8 Å². The molecule has 0 aliphatic carbocycles. The van der Waals surface area contributed by atoms with Crippen LogP contribution in [-0.2, 0) is 6.42 Å². The Kier molecular flexibility index (Phi) is 8.28. The summed E-state index contributed by atoms with van der Waals surface area (Å²) < 4.78 is 23.0. The molecule has 9 nitrogen and oxygen atoms in total. The van der Waals surface area contributed by atoms with E-state index in [2.05, 4.69) is 38.7 Å². The monoisotopic (exact) mass is 591 g/mol. The maximum absolute atomic E-state index is 14.6. The SMILES string of the molecule is C=C(N(C)C)n1nc(C#N)cc1Cc1ccc(C)nc1-c1ccc(F)cc1[C@@H](C)Oc1cc(Br)cnc1NO. The van der Waals surface area contributed by atoms with Gasteiger partial charge in [-0.25, -0.2) is 19.5 Å². The van der Waals surface area contributed by atoms with Gasteiger partial charge in [-0.1, -0.05) is 12.6 Å². The van der Waals surface area contributed by atoms with E-state index in [1.807, 2.05) is 43.5 Å². The number of aryl methyl sites for hydroxylation is 1. The quantitative estimate of drug-likeness (QED) is 0.230. The Morgan fingerprint density at radius 3 is 2.74 bits per heavy atom. The first-order valence-electron chi connectivity index (χ1n) is 12.0. The summed E-state index contributed by atoms with van der Waals surface area (Å²) in [5.41, 5.74) is 6.57. The largest absolute Gasteiger partial charge is 0.482 e. The lowest BCUT2D eigenvalue weighted by Gasteiger charge is -2.21. The zero-order chi connectivity index (χ0) is 28.3. The highest BCUT2D eigenvalue weighted by Crippen LogP contribution is 2.36. The molecule has 3 heterocycles. The fraction of sp³-hybridized carbons (Fsp3) is 0.214.